The third-order valence-electron chi connectivity index (χ3n) is 3.92. The first kappa shape index (κ1) is 14.4. The lowest BCUT2D eigenvalue weighted by Crippen LogP contribution is -2.07. The molecule has 0 radical (unpaired) electrons. The van der Waals surface area contributed by atoms with Gasteiger partial charge < -0.3 is 4.57 Å². The minimum absolute atomic E-state index is 0.826. The highest BCUT2D eigenvalue weighted by atomic mass is 15.3. The first-order chi connectivity index (χ1) is 11.9. The van der Waals surface area contributed by atoms with Crippen molar-refractivity contribution in [1.82, 2.24) is 24.3 Å². The Morgan fingerprint density at radius 2 is 1.67 bits per heavy atom. The molecule has 3 aromatic heterocycles. The maximum Gasteiger partial charge on any atom is 0.158 e. The molecule has 5 nitrogen and oxygen atoms in total. The molecule has 0 N–H and O–H groups in total. The average molecular weight is 315 g/mol. The van der Waals surface area contributed by atoms with E-state index in [9.17, 15) is 0 Å². The Bertz CT molecular complexity index is 909. The normalized spacial score (nSPS) is 10.8. The van der Waals surface area contributed by atoms with Gasteiger partial charge in [0, 0.05) is 37.3 Å². The first-order valence-corrected chi connectivity index (χ1v) is 7.93. The van der Waals surface area contributed by atoms with E-state index in [1.54, 1.807) is 6.20 Å². The molecular formula is C19H17N5. The van der Waals surface area contributed by atoms with Crippen LogP contribution in [0.4, 0.5) is 0 Å². The number of benzene rings is 1. The third kappa shape index (κ3) is 2.84. The van der Waals surface area contributed by atoms with Crippen molar-refractivity contribution in [2.75, 3.05) is 0 Å². The van der Waals surface area contributed by atoms with Gasteiger partial charge in [-0.15, -0.1) is 0 Å². The average Bonchev–Trinajstić information content (AvgIpc) is 3.30. The van der Waals surface area contributed by atoms with Crippen molar-refractivity contribution >= 4 is 0 Å². The second kappa shape index (κ2) is 6.50. The Morgan fingerprint density at radius 3 is 2.50 bits per heavy atom. The quantitative estimate of drug-likeness (QED) is 0.567. The summed E-state index contributed by atoms with van der Waals surface area (Å²) in [7, 11) is 0. The molecule has 24 heavy (non-hydrogen) atoms. The SMILES string of the molecule is c1ccc(-n2nccc2-c2nccn2CCc2ccccn2)cc1. The van der Waals surface area contributed by atoms with Gasteiger partial charge in [-0.3, -0.25) is 4.98 Å². The molecule has 0 amide bonds. The second-order valence-corrected chi connectivity index (χ2v) is 5.48. The van der Waals surface area contributed by atoms with Gasteiger partial charge in [-0.1, -0.05) is 24.3 Å². The summed E-state index contributed by atoms with van der Waals surface area (Å²) in [6.07, 6.45) is 8.33. The molecule has 0 aliphatic carbocycles. The van der Waals surface area contributed by atoms with Crippen molar-refractivity contribution in [3.8, 4) is 17.2 Å². The van der Waals surface area contributed by atoms with Crippen molar-refractivity contribution in [2.45, 2.75) is 13.0 Å². The molecule has 0 spiro atoms. The molecular weight excluding hydrogens is 298 g/mol. The summed E-state index contributed by atoms with van der Waals surface area (Å²) in [6, 6.07) is 18.1. The zero-order valence-electron chi connectivity index (χ0n) is 13.2. The summed E-state index contributed by atoms with van der Waals surface area (Å²) in [4.78, 5) is 8.92. The predicted molar refractivity (Wildman–Crippen MR) is 92.7 cm³/mol. The number of imidazole rings is 1. The van der Waals surface area contributed by atoms with Gasteiger partial charge in [-0.05, 0) is 30.3 Å². The Kier molecular flexibility index (Phi) is 3.90. The van der Waals surface area contributed by atoms with Crippen LogP contribution in [0.2, 0.25) is 0 Å². The van der Waals surface area contributed by atoms with Crippen LogP contribution in [0.15, 0.2) is 79.4 Å². The summed E-state index contributed by atoms with van der Waals surface area (Å²) >= 11 is 0. The third-order valence-corrected chi connectivity index (χ3v) is 3.92. The number of rotatable bonds is 5. The fourth-order valence-corrected chi connectivity index (χ4v) is 2.75. The standard InChI is InChI=1S/C19H17N5/c1-2-7-17(8-3-1)24-18(9-12-22-24)19-21-13-15-23(19)14-10-16-6-4-5-11-20-16/h1-9,11-13,15H,10,14H2. The summed E-state index contributed by atoms with van der Waals surface area (Å²) in [5, 5.41) is 4.45. The van der Waals surface area contributed by atoms with Gasteiger partial charge in [0.15, 0.2) is 5.82 Å². The minimum Gasteiger partial charge on any atom is -0.329 e. The van der Waals surface area contributed by atoms with Gasteiger partial charge in [-0.25, -0.2) is 9.67 Å². The van der Waals surface area contributed by atoms with E-state index in [-0.39, 0.29) is 0 Å². The van der Waals surface area contributed by atoms with Gasteiger partial charge in [0.25, 0.3) is 0 Å². The van der Waals surface area contributed by atoms with Crippen molar-refractivity contribution in [1.29, 1.82) is 0 Å². The van der Waals surface area contributed by atoms with Crippen LogP contribution < -0.4 is 0 Å². The lowest BCUT2D eigenvalue weighted by Gasteiger charge is -2.10. The number of aryl methyl sites for hydroxylation is 2. The molecule has 0 saturated carbocycles. The molecule has 1 aromatic carbocycles. The van der Waals surface area contributed by atoms with Gasteiger partial charge in [0.1, 0.15) is 5.69 Å². The van der Waals surface area contributed by atoms with Crippen molar-refractivity contribution < 1.29 is 0 Å². The number of aromatic nitrogens is 5. The number of nitrogens with zero attached hydrogens (tertiary/aromatic N) is 5. The second-order valence-electron chi connectivity index (χ2n) is 5.48. The highest BCUT2D eigenvalue weighted by Gasteiger charge is 2.12. The Hall–Kier alpha value is -3.21. The predicted octanol–water partition coefficient (Wildman–Crippen LogP) is 3.37. The van der Waals surface area contributed by atoms with E-state index in [1.165, 1.54) is 0 Å². The van der Waals surface area contributed by atoms with Crippen molar-refractivity contribution in [3.63, 3.8) is 0 Å². The van der Waals surface area contributed by atoms with Crippen LogP contribution in [0.25, 0.3) is 17.2 Å². The largest absolute Gasteiger partial charge is 0.329 e. The van der Waals surface area contributed by atoms with Crippen LogP contribution in [-0.4, -0.2) is 24.3 Å². The number of pyridine rings is 1. The molecule has 0 aliphatic rings. The Labute approximate surface area is 140 Å². The number of hydrogen-bond donors (Lipinski definition) is 0. The van der Waals surface area contributed by atoms with Crippen LogP contribution in [0.1, 0.15) is 5.69 Å². The van der Waals surface area contributed by atoms with Gasteiger partial charge in [0.2, 0.25) is 0 Å². The lowest BCUT2D eigenvalue weighted by molar-refractivity contribution is 0.687. The van der Waals surface area contributed by atoms with Crippen LogP contribution >= 0.6 is 0 Å². The smallest absolute Gasteiger partial charge is 0.158 e. The molecule has 0 bridgehead atoms. The van der Waals surface area contributed by atoms with E-state index >= 15 is 0 Å². The van der Waals surface area contributed by atoms with E-state index in [0.717, 1.165) is 35.9 Å². The Balaban J connectivity index is 1.63. The summed E-state index contributed by atoms with van der Waals surface area (Å²) < 4.78 is 4.06. The molecule has 5 heteroatoms. The fourth-order valence-electron chi connectivity index (χ4n) is 2.75. The highest BCUT2D eigenvalue weighted by molar-refractivity contribution is 5.54. The molecule has 0 fully saturated rings. The molecule has 0 saturated heterocycles. The number of para-hydroxylation sites is 1. The van der Waals surface area contributed by atoms with Crippen LogP contribution in [0.3, 0.4) is 0 Å². The van der Waals surface area contributed by atoms with Gasteiger partial charge in [0.05, 0.1) is 11.9 Å². The van der Waals surface area contributed by atoms with Gasteiger partial charge in [-0.2, -0.15) is 5.10 Å². The molecule has 118 valence electrons. The summed E-state index contributed by atoms with van der Waals surface area (Å²) in [5.74, 6) is 0.910. The summed E-state index contributed by atoms with van der Waals surface area (Å²) in [6.45, 7) is 0.826. The molecule has 4 aromatic rings. The molecule has 3 heterocycles. The minimum atomic E-state index is 0.826. The monoisotopic (exact) mass is 315 g/mol. The van der Waals surface area contributed by atoms with E-state index in [0.29, 0.717) is 0 Å². The maximum atomic E-state index is 4.54. The van der Waals surface area contributed by atoms with E-state index < -0.39 is 0 Å². The van der Waals surface area contributed by atoms with E-state index in [1.807, 2.05) is 77.9 Å². The zero-order chi connectivity index (χ0) is 16.2. The summed E-state index contributed by atoms with van der Waals surface area (Å²) in [5.41, 5.74) is 3.08. The number of hydrogen-bond acceptors (Lipinski definition) is 3. The molecule has 0 unspecified atom stereocenters. The van der Waals surface area contributed by atoms with Gasteiger partial charge >= 0.3 is 0 Å². The van der Waals surface area contributed by atoms with E-state index in [4.69, 9.17) is 0 Å². The highest BCUT2D eigenvalue weighted by Crippen LogP contribution is 2.21. The van der Waals surface area contributed by atoms with Crippen molar-refractivity contribution in [2.24, 2.45) is 0 Å². The molecule has 0 atom stereocenters. The zero-order valence-corrected chi connectivity index (χ0v) is 13.2. The van der Waals surface area contributed by atoms with E-state index in [2.05, 4.69) is 19.6 Å². The van der Waals surface area contributed by atoms with Crippen LogP contribution in [0.5, 0.6) is 0 Å². The fraction of sp³-hybridized carbons (Fsp3) is 0.105. The van der Waals surface area contributed by atoms with Crippen LogP contribution in [0, 0.1) is 0 Å². The maximum absolute atomic E-state index is 4.54. The van der Waals surface area contributed by atoms with Crippen molar-refractivity contribution in [3.05, 3.63) is 85.1 Å². The molecule has 0 aliphatic heterocycles. The Morgan fingerprint density at radius 1 is 0.792 bits per heavy atom. The first-order valence-electron chi connectivity index (χ1n) is 7.93. The van der Waals surface area contributed by atoms with Crippen LogP contribution in [-0.2, 0) is 13.0 Å². The molecule has 4 rings (SSSR count). The lowest BCUT2D eigenvalue weighted by atomic mass is 10.2. The topological polar surface area (TPSA) is 48.5 Å².